The van der Waals surface area contributed by atoms with Gasteiger partial charge in [-0.25, -0.2) is 4.98 Å². The Morgan fingerprint density at radius 3 is 2.89 bits per heavy atom. The van der Waals surface area contributed by atoms with Crippen molar-refractivity contribution in [1.82, 2.24) is 9.36 Å². The Balaban J connectivity index is 2.61. The highest BCUT2D eigenvalue weighted by molar-refractivity contribution is 9.09. The molecular weight excluding hydrogens is 200 g/mol. The molecule has 0 fully saturated rings. The van der Waals surface area contributed by atoms with Gasteiger partial charge in [0.25, 0.3) is 0 Å². The third-order valence-electron chi connectivity index (χ3n) is 0.878. The number of rotatable bonds is 2. The van der Waals surface area contributed by atoms with Crippen LogP contribution in [0.15, 0.2) is 0 Å². The van der Waals surface area contributed by atoms with E-state index in [4.69, 9.17) is 0 Å². The van der Waals surface area contributed by atoms with Crippen LogP contribution in [-0.2, 0) is 6.42 Å². The van der Waals surface area contributed by atoms with Gasteiger partial charge >= 0.3 is 0 Å². The van der Waals surface area contributed by atoms with Crippen molar-refractivity contribution in [2.45, 2.75) is 13.3 Å². The second-order valence-corrected chi connectivity index (χ2v) is 3.30. The van der Waals surface area contributed by atoms with Crippen LogP contribution >= 0.6 is 27.5 Å². The zero-order valence-electron chi connectivity index (χ0n) is 5.09. The Morgan fingerprint density at radius 2 is 2.44 bits per heavy atom. The number of aryl methyl sites for hydroxylation is 2. The molecule has 0 unspecified atom stereocenters. The van der Waals surface area contributed by atoms with E-state index in [9.17, 15) is 0 Å². The maximum atomic E-state index is 4.18. The Hall–Kier alpha value is 0.0400. The summed E-state index contributed by atoms with van der Waals surface area (Å²) >= 11 is 4.82. The molecule has 0 amide bonds. The average Bonchev–Trinajstić information content (AvgIpc) is 2.17. The van der Waals surface area contributed by atoms with Crippen molar-refractivity contribution in [3.05, 3.63) is 10.8 Å². The van der Waals surface area contributed by atoms with Crippen LogP contribution in [-0.4, -0.2) is 14.7 Å². The Kier molecular flexibility index (Phi) is 2.60. The smallest absolute Gasteiger partial charge is 0.139 e. The highest BCUT2D eigenvalue weighted by Gasteiger charge is 1.96. The lowest BCUT2D eigenvalue weighted by Gasteiger charge is -1.82. The molecule has 0 aromatic carbocycles. The molecule has 1 aromatic heterocycles. The second-order valence-electron chi connectivity index (χ2n) is 1.67. The van der Waals surface area contributed by atoms with E-state index in [0.717, 1.165) is 22.6 Å². The van der Waals surface area contributed by atoms with Crippen molar-refractivity contribution in [3.63, 3.8) is 0 Å². The number of aromatic nitrogens is 2. The summed E-state index contributed by atoms with van der Waals surface area (Å²) in [6, 6.07) is 0. The van der Waals surface area contributed by atoms with Gasteiger partial charge < -0.3 is 0 Å². The lowest BCUT2D eigenvalue weighted by Crippen LogP contribution is -1.82. The number of hydrogen-bond donors (Lipinski definition) is 0. The first-order valence-corrected chi connectivity index (χ1v) is 4.57. The monoisotopic (exact) mass is 206 g/mol. The molecule has 0 radical (unpaired) electrons. The normalized spacial score (nSPS) is 10.0. The summed E-state index contributed by atoms with van der Waals surface area (Å²) in [5, 5.41) is 2.09. The van der Waals surface area contributed by atoms with Crippen LogP contribution in [0.25, 0.3) is 0 Å². The minimum Gasteiger partial charge on any atom is -0.225 e. The third-order valence-corrected chi connectivity index (χ3v) is 2.14. The summed E-state index contributed by atoms with van der Waals surface area (Å²) in [6.07, 6.45) is 0.992. The number of nitrogens with zero attached hydrogens (tertiary/aromatic N) is 2. The predicted molar refractivity (Wildman–Crippen MR) is 42.1 cm³/mol. The molecule has 0 atom stereocenters. The fourth-order valence-corrected chi connectivity index (χ4v) is 1.81. The van der Waals surface area contributed by atoms with Gasteiger partial charge in [-0.3, -0.25) is 0 Å². The van der Waals surface area contributed by atoms with Crippen LogP contribution in [0.5, 0.6) is 0 Å². The van der Waals surface area contributed by atoms with E-state index in [1.54, 1.807) is 0 Å². The van der Waals surface area contributed by atoms with Gasteiger partial charge in [0.2, 0.25) is 0 Å². The zero-order valence-corrected chi connectivity index (χ0v) is 7.50. The Bertz CT molecular complexity index is 187. The SMILES string of the molecule is Cc1nsc(CCBr)n1. The van der Waals surface area contributed by atoms with Gasteiger partial charge in [0, 0.05) is 11.8 Å². The van der Waals surface area contributed by atoms with Crippen LogP contribution in [0.1, 0.15) is 10.8 Å². The lowest BCUT2D eigenvalue weighted by molar-refractivity contribution is 1.06. The van der Waals surface area contributed by atoms with Gasteiger partial charge in [0.15, 0.2) is 0 Å². The fourth-order valence-electron chi connectivity index (χ4n) is 0.522. The first kappa shape index (κ1) is 7.15. The third kappa shape index (κ3) is 2.02. The topological polar surface area (TPSA) is 25.8 Å². The number of hydrogen-bond acceptors (Lipinski definition) is 3. The van der Waals surface area contributed by atoms with Crippen molar-refractivity contribution >= 4 is 27.5 Å². The van der Waals surface area contributed by atoms with Crippen molar-refractivity contribution in [2.75, 3.05) is 5.33 Å². The zero-order chi connectivity index (χ0) is 6.69. The van der Waals surface area contributed by atoms with Gasteiger partial charge in [-0.05, 0) is 18.5 Å². The van der Waals surface area contributed by atoms with Crippen molar-refractivity contribution in [2.24, 2.45) is 0 Å². The van der Waals surface area contributed by atoms with Crippen LogP contribution in [0, 0.1) is 6.92 Å². The number of alkyl halides is 1. The molecule has 0 aliphatic rings. The van der Waals surface area contributed by atoms with Crippen LogP contribution in [0.4, 0.5) is 0 Å². The quantitative estimate of drug-likeness (QED) is 0.691. The molecule has 0 N–H and O–H groups in total. The van der Waals surface area contributed by atoms with E-state index in [0.29, 0.717) is 0 Å². The van der Waals surface area contributed by atoms with Gasteiger partial charge in [-0.2, -0.15) is 4.37 Å². The summed E-state index contributed by atoms with van der Waals surface area (Å²) in [7, 11) is 0. The lowest BCUT2D eigenvalue weighted by atomic mass is 10.5. The fraction of sp³-hybridized carbons (Fsp3) is 0.600. The highest BCUT2D eigenvalue weighted by atomic mass is 79.9. The van der Waals surface area contributed by atoms with Crippen molar-refractivity contribution in [3.8, 4) is 0 Å². The second kappa shape index (κ2) is 3.27. The Labute approximate surface area is 66.6 Å². The molecule has 0 saturated heterocycles. The molecule has 9 heavy (non-hydrogen) atoms. The average molecular weight is 207 g/mol. The van der Waals surface area contributed by atoms with E-state index in [1.807, 2.05) is 6.92 Å². The number of halogens is 1. The molecular formula is C5H7BrN2S. The summed E-state index contributed by atoms with van der Waals surface area (Å²) in [4.78, 5) is 4.18. The molecule has 0 saturated carbocycles. The molecule has 1 heterocycles. The highest BCUT2D eigenvalue weighted by Crippen LogP contribution is 2.05. The Morgan fingerprint density at radius 1 is 1.67 bits per heavy atom. The molecule has 1 aromatic rings. The minimum absolute atomic E-state index is 0.885. The summed E-state index contributed by atoms with van der Waals surface area (Å²) < 4.78 is 4.04. The molecule has 1 rings (SSSR count). The van der Waals surface area contributed by atoms with E-state index in [1.165, 1.54) is 11.5 Å². The van der Waals surface area contributed by atoms with Gasteiger partial charge in [-0.15, -0.1) is 0 Å². The molecule has 0 spiro atoms. The van der Waals surface area contributed by atoms with Crippen molar-refractivity contribution < 1.29 is 0 Å². The summed E-state index contributed by atoms with van der Waals surface area (Å²) in [6.45, 7) is 1.91. The maximum absolute atomic E-state index is 4.18. The molecule has 0 aliphatic carbocycles. The first-order chi connectivity index (χ1) is 4.33. The van der Waals surface area contributed by atoms with Crippen molar-refractivity contribution in [1.29, 1.82) is 0 Å². The van der Waals surface area contributed by atoms with E-state index in [2.05, 4.69) is 25.3 Å². The van der Waals surface area contributed by atoms with E-state index >= 15 is 0 Å². The largest absolute Gasteiger partial charge is 0.225 e. The molecule has 0 bridgehead atoms. The summed E-state index contributed by atoms with van der Waals surface area (Å²) in [5.41, 5.74) is 0. The minimum atomic E-state index is 0.885. The van der Waals surface area contributed by atoms with E-state index < -0.39 is 0 Å². The maximum Gasteiger partial charge on any atom is 0.139 e. The van der Waals surface area contributed by atoms with Gasteiger partial charge in [0.05, 0.1) is 0 Å². The molecule has 2 nitrogen and oxygen atoms in total. The molecule has 50 valence electrons. The first-order valence-electron chi connectivity index (χ1n) is 2.68. The standard InChI is InChI=1S/C5H7BrN2S/c1-4-7-5(2-3-6)9-8-4/h2-3H2,1H3. The molecule has 0 aliphatic heterocycles. The van der Waals surface area contributed by atoms with E-state index in [-0.39, 0.29) is 0 Å². The predicted octanol–water partition coefficient (Wildman–Crippen LogP) is 1.78. The van der Waals surface area contributed by atoms with Crippen LogP contribution in [0.3, 0.4) is 0 Å². The molecule has 4 heteroatoms. The van der Waals surface area contributed by atoms with Crippen LogP contribution in [0.2, 0.25) is 0 Å². The van der Waals surface area contributed by atoms with Gasteiger partial charge in [0.1, 0.15) is 10.8 Å². The summed E-state index contributed by atoms with van der Waals surface area (Å²) in [5.74, 6) is 0.885. The van der Waals surface area contributed by atoms with Gasteiger partial charge in [-0.1, -0.05) is 15.9 Å². The van der Waals surface area contributed by atoms with Crippen LogP contribution < -0.4 is 0 Å².